The molecule has 2 fully saturated rings. The highest BCUT2D eigenvalue weighted by Gasteiger charge is 2.37. The average Bonchev–Trinajstić information content (AvgIpc) is 3.15. The van der Waals surface area contributed by atoms with E-state index in [1.807, 2.05) is 4.90 Å². The molecule has 1 aromatic heterocycles. The predicted molar refractivity (Wildman–Crippen MR) is 80.8 cm³/mol. The number of aromatic nitrogens is 2. The van der Waals surface area contributed by atoms with Crippen LogP contribution in [0.1, 0.15) is 36.0 Å². The Hall–Kier alpha value is -2.38. The van der Waals surface area contributed by atoms with Crippen LogP contribution in [0.2, 0.25) is 0 Å². The van der Waals surface area contributed by atoms with Gasteiger partial charge in [0.05, 0.1) is 6.20 Å². The summed E-state index contributed by atoms with van der Waals surface area (Å²) in [5, 5.41) is 15.6. The maximum atomic E-state index is 12.2. The first-order valence-electron chi connectivity index (χ1n) is 7.79. The van der Waals surface area contributed by atoms with Gasteiger partial charge < -0.3 is 15.3 Å². The molecule has 0 aromatic carbocycles. The van der Waals surface area contributed by atoms with E-state index in [-0.39, 0.29) is 41.5 Å². The molecule has 2 heterocycles. The second-order valence-corrected chi connectivity index (χ2v) is 6.30. The van der Waals surface area contributed by atoms with Crippen molar-refractivity contribution in [1.82, 2.24) is 14.7 Å². The molecule has 1 unspecified atom stereocenters. The SMILES string of the molecule is Cn1ncc(C(=O)O)c1NC(=O)CC1CCN(C(=O)C2CC2)C1. The van der Waals surface area contributed by atoms with Crippen molar-refractivity contribution in [2.45, 2.75) is 25.7 Å². The van der Waals surface area contributed by atoms with Crippen molar-refractivity contribution >= 4 is 23.6 Å². The summed E-state index contributed by atoms with van der Waals surface area (Å²) in [6, 6.07) is 0. The quantitative estimate of drug-likeness (QED) is 0.831. The molecule has 8 heteroatoms. The van der Waals surface area contributed by atoms with Gasteiger partial charge in [-0.25, -0.2) is 4.79 Å². The highest BCUT2D eigenvalue weighted by Crippen LogP contribution is 2.33. The largest absolute Gasteiger partial charge is 0.477 e. The normalized spacial score (nSPS) is 20.6. The fourth-order valence-corrected chi connectivity index (χ4v) is 2.98. The summed E-state index contributed by atoms with van der Waals surface area (Å²) in [7, 11) is 1.58. The van der Waals surface area contributed by atoms with E-state index in [9.17, 15) is 14.4 Å². The van der Waals surface area contributed by atoms with Crippen molar-refractivity contribution in [1.29, 1.82) is 0 Å². The van der Waals surface area contributed by atoms with Gasteiger partial charge in [0.2, 0.25) is 11.8 Å². The van der Waals surface area contributed by atoms with E-state index in [4.69, 9.17) is 5.11 Å². The molecule has 1 aliphatic heterocycles. The van der Waals surface area contributed by atoms with E-state index in [2.05, 4.69) is 10.4 Å². The standard InChI is InChI=1S/C15H20N4O4/c1-18-13(11(7-16-18)15(22)23)17-12(20)6-9-4-5-19(8-9)14(21)10-2-3-10/h7,9-10H,2-6,8H2,1H3,(H,17,20)(H,22,23). The molecule has 0 spiro atoms. The van der Waals surface area contributed by atoms with Gasteiger partial charge in [-0.2, -0.15) is 5.10 Å². The molecule has 23 heavy (non-hydrogen) atoms. The van der Waals surface area contributed by atoms with Crippen LogP contribution >= 0.6 is 0 Å². The van der Waals surface area contributed by atoms with Gasteiger partial charge in [0.1, 0.15) is 11.4 Å². The molecule has 2 aliphatic rings. The molecule has 0 bridgehead atoms. The lowest BCUT2D eigenvalue weighted by atomic mass is 10.0. The number of nitrogens with one attached hydrogen (secondary N) is 1. The number of amides is 2. The Morgan fingerprint density at radius 3 is 2.74 bits per heavy atom. The molecule has 124 valence electrons. The number of hydrogen-bond acceptors (Lipinski definition) is 4. The molecule has 2 amide bonds. The fourth-order valence-electron chi connectivity index (χ4n) is 2.98. The van der Waals surface area contributed by atoms with E-state index in [0.717, 1.165) is 19.3 Å². The van der Waals surface area contributed by atoms with Crippen molar-refractivity contribution in [2.75, 3.05) is 18.4 Å². The third-order valence-electron chi connectivity index (χ3n) is 4.43. The Bertz CT molecular complexity index is 650. The zero-order valence-electron chi connectivity index (χ0n) is 13.0. The number of carboxylic acid groups (broad SMARTS) is 1. The van der Waals surface area contributed by atoms with Crippen molar-refractivity contribution < 1.29 is 19.5 Å². The number of anilines is 1. The number of likely N-dealkylation sites (tertiary alicyclic amines) is 1. The van der Waals surface area contributed by atoms with Gasteiger partial charge in [0.15, 0.2) is 0 Å². The number of hydrogen-bond donors (Lipinski definition) is 2. The van der Waals surface area contributed by atoms with Crippen LogP contribution in [0.5, 0.6) is 0 Å². The number of nitrogens with zero attached hydrogens (tertiary/aromatic N) is 3. The molecule has 1 saturated heterocycles. The summed E-state index contributed by atoms with van der Waals surface area (Å²) in [5.41, 5.74) is -0.0298. The van der Waals surface area contributed by atoms with Gasteiger partial charge in [-0.05, 0) is 25.2 Å². The molecular formula is C15H20N4O4. The topological polar surface area (TPSA) is 105 Å². The van der Waals surface area contributed by atoms with Crippen LogP contribution in [0.3, 0.4) is 0 Å². The third kappa shape index (κ3) is 3.35. The lowest BCUT2D eigenvalue weighted by Gasteiger charge is -2.16. The zero-order valence-corrected chi connectivity index (χ0v) is 13.0. The fraction of sp³-hybridized carbons (Fsp3) is 0.600. The van der Waals surface area contributed by atoms with Gasteiger partial charge in [-0.3, -0.25) is 14.3 Å². The van der Waals surface area contributed by atoms with Crippen LogP contribution < -0.4 is 5.32 Å². The van der Waals surface area contributed by atoms with E-state index in [0.29, 0.717) is 13.1 Å². The zero-order chi connectivity index (χ0) is 16.6. The molecule has 8 nitrogen and oxygen atoms in total. The van der Waals surface area contributed by atoms with E-state index in [1.54, 1.807) is 7.05 Å². The van der Waals surface area contributed by atoms with E-state index >= 15 is 0 Å². The van der Waals surface area contributed by atoms with Crippen LogP contribution in [0.15, 0.2) is 6.20 Å². The summed E-state index contributed by atoms with van der Waals surface area (Å²) >= 11 is 0. The molecule has 2 N–H and O–H groups in total. The second-order valence-electron chi connectivity index (χ2n) is 6.30. The molecular weight excluding hydrogens is 300 g/mol. The minimum atomic E-state index is -1.13. The van der Waals surface area contributed by atoms with Gasteiger partial charge in [-0.15, -0.1) is 0 Å². The van der Waals surface area contributed by atoms with Crippen molar-refractivity contribution in [3.63, 3.8) is 0 Å². The lowest BCUT2D eigenvalue weighted by Crippen LogP contribution is -2.30. The number of aryl methyl sites for hydroxylation is 1. The number of carbonyl (C=O) groups excluding carboxylic acids is 2. The first kappa shape index (κ1) is 15.5. The number of rotatable bonds is 5. The Kier molecular flexibility index (Phi) is 4.06. The van der Waals surface area contributed by atoms with E-state index in [1.165, 1.54) is 10.9 Å². The van der Waals surface area contributed by atoms with Crippen LogP contribution in [0.4, 0.5) is 5.82 Å². The van der Waals surface area contributed by atoms with Crippen LogP contribution in [0.25, 0.3) is 0 Å². The number of carboxylic acids is 1. The summed E-state index contributed by atoms with van der Waals surface area (Å²) in [6.07, 6.45) is 4.27. The second kappa shape index (κ2) is 6.02. The Morgan fingerprint density at radius 1 is 1.35 bits per heavy atom. The average molecular weight is 320 g/mol. The predicted octanol–water partition coefficient (Wildman–Crippen LogP) is 0.705. The first-order valence-corrected chi connectivity index (χ1v) is 7.79. The van der Waals surface area contributed by atoms with Crippen LogP contribution in [0, 0.1) is 11.8 Å². The molecule has 0 radical (unpaired) electrons. The van der Waals surface area contributed by atoms with Gasteiger partial charge in [0.25, 0.3) is 0 Å². The molecule has 3 rings (SSSR count). The summed E-state index contributed by atoms with van der Waals surface area (Å²) in [5.74, 6) is -0.647. The number of aromatic carboxylic acids is 1. The lowest BCUT2D eigenvalue weighted by molar-refractivity contribution is -0.131. The first-order chi connectivity index (χ1) is 11.0. The van der Waals surface area contributed by atoms with Crippen molar-refractivity contribution in [3.05, 3.63) is 11.8 Å². The monoisotopic (exact) mass is 320 g/mol. The summed E-state index contributed by atoms with van der Waals surface area (Å²) < 4.78 is 1.33. The minimum absolute atomic E-state index is 0.0298. The van der Waals surface area contributed by atoms with Gasteiger partial charge >= 0.3 is 5.97 Å². The summed E-state index contributed by atoms with van der Waals surface area (Å²) in [6.45, 7) is 1.32. The van der Waals surface area contributed by atoms with Gasteiger partial charge in [0, 0.05) is 32.5 Å². The maximum absolute atomic E-state index is 12.2. The minimum Gasteiger partial charge on any atom is -0.477 e. The Labute approximate surface area is 133 Å². The molecule has 1 atom stereocenters. The maximum Gasteiger partial charge on any atom is 0.341 e. The van der Waals surface area contributed by atoms with E-state index < -0.39 is 5.97 Å². The third-order valence-corrected chi connectivity index (χ3v) is 4.43. The smallest absolute Gasteiger partial charge is 0.341 e. The van der Waals surface area contributed by atoms with Crippen molar-refractivity contribution in [3.8, 4) is 0 Å². The highest BCUT2D eigenvalue weighted by atomic mass is 16.4. The molecule has 1 aliphatic carbocycles. The van der Waals surface area contributed by atoms with Crippen LogP contribution in [-0.4, -0.2) is 50.7 Å². The molecule has 1 aromatic rings. The number of carbonyl (C=O) groups is 3. The van der Waals surface area contributed by atoms with Crippen LogP contribution in [-0.2, 0) is 16.6 Å². The van der Waals surface area contributed by atoms with Gasteiger partial charge in [-0.1, -0.05) is 0 Å². The summed E-state index contributed by atoms with van der Waals surface area (Å²) in [4.78, 5) is 37.1. The molecule has 1 saturated carbocycles. The highest BCUT2D eigenvalue weighted by molar-refractivity contribution is 5.99. The Morgan fingerprint density at radius 2 is 2.09 bits per heavy atom. The van der Waals surface area contributed by atoms with Crippen molar-refractivity contribution in [2.24, 2.45) is 18.9 Å². The Balaban J connectivity index is 1.55.